The highest BCUT2D eigenvalue weighted by atomic mass is 16.2. The number of hydrogen-bond acceptors (Lipinski definition) is 5. The van der Waals surface area contributed by atoms with Crippen molar-refractivity contribution in [2.45, 2.75) is 40.2 Å². The predicted molar refractivity (Wildman–Crippen MR) is 120 cm³/mol. The monoisotopic (exact) mass is 407 g/mol. The fourth-order valence-corrected chi connectivity index (χ4v) is 4.34. The van der Waals surface area contributed by atoms with Gasteiger partial charge in [-0.2, -0.15) is 0 Å². The summed E-state index contributed by atoms with van der Waals surface area (Å²) < 4.78 is 0. The van der Waals surface area contributed by atoms with Crippen LogP contribution in [-0.2, 0) is 17.8 Å². The van der Waals surface area contributed by atoms with Crippen LogP contribution in [0.25, 0.3) is 11.4 Å². The lowest BCUT2D eigenvalue weighted by molar-refractivity contribution is -0.132. The largest absolute Gasteiger partial charge is 0.354 e. The number of carbonyl (C=O) groups is 1. The van der Waals surface area contributed by atoms with E-state index in [1.165, 1.54) is 0 Å². The SMILES string of the molecule is CCN1CCN(c2nc(-c3ccccc3)nc3c2CN(C(=O)CC(C)C)CC3)CC1. The zero-order valence-corrected chi connectivity index (χ0v) is 18.5. The number of carbonyl (C=O) groups excluding carboxylic acids is 1. The van der Waals surface area contributed by atoms with Gasteiger partial charge in [0.25, 0.3) is 0 Å². The maximum Gasteiger partial charge on any atom is 0.223 e. The minimum Gasteiger partial charge on any atom is -0.354 e. The number of rotatable bonds is 5. The lowest BCUT2D eigenvalue weighted by atomic mass is 10.0. The van der Waals surface area contributed by atoms with Crippen molar-refractivity contribution in [1.82, 2.24) is 19.8 Å². The van der Waals surface area contributed by atoms with Crippen molar-refractivity contribution in [3.05, 3.63) is 41.6 Å². The summed E-state index contributed by atoms with van der Waals surface area (Å²) in [5.41, 5.74) is 3.29. The Labute approximate surface area is 179 Å². The van der Waals surface area contributed by atoms with E-state index in [4.69, 9.17) is 9.97 Å². The Bertz CT molecular complexity index is 875. The van der Waals surface area contributed by atoms with E-state index in [1.54, 1.807) is 0 Å². The first-order valence-corrected chi connectivity index (χ1v) is 11.3. The molecule has 160 valence electrons. The summed E-state index contributed by atoms with van der Waals surface area (Å²) in [5, 5.41) is 0. The number of aromatic nitrogens is 2. The molecule has 2 aliphatic rings. The molecule has 6 heteroatoms. The summed E-state index contributed by atoms with van der Waals surface area (Å²) in [4.78, 5) is 29.6. The Morgan fingerprint density at radius 3 is 2.43 bits per heavy atom. The quantitative estimate of drug-likeness (QED) is 0.762. The van der Waals surface area contributed by atoms with Crippen molar-refractivity contribution in [2.75, 3.05) is 44.2 Å². The Balaban J connectivity index is 1.68. The van der Waals surface area contributed by atoms with Crippen LogP contribution in [0.15, 0.2) is 30.3 Å². The summed E-state index contributed by atoms with van der Waals surface area (Å²) >= 11 is 0. The van der Waals surface area contributed by atoms with Gasteiger partial charge in [-0.15, -0.1) is 0 Å². The van der Waals surface area contributed by atoms with Crippen molar-refractivity contribution in [3.63, 3.8) is 0 Å². The number of nitrogens with zero attached hydrogens (tertiary/aromatic N) is 5. The van der Waals surface area contributed by atoms with Crippen molar-refractivity contribution < 1.29 is 4.79 Å². The summed E-state index contributed by atoms with van der Waals surface area (Å²) in [6, 6.07) is 10.2. The van der Waals surface area contributed by atoms with Crippen LogP contribution in [0.3, 0.4) is 0 Å². The van der Waals surface area contributed by atoms with Crippen LogP contribution in [0.5, 0.6) is 0 Å². The molecule has 2 aromatic rings. The van der Waals surface area contributed by atoms with E-state index in [0.717, 1.165) is 74.2 Å². The lowest BCUT2D eigenvalue weighted by Gasteiger charge is -2.38. The molecule has 0 radical (unpaired) electrons. The van der Waals surface area contributed by atoms with Gasteiger partial charge in [0.05, 0.1) is 12.2 Å². The molecule has 0 atom stereocenters. The van der Waals surface area contributed by atoms with E-state index >= 15 is 0 Å². The molecule has 6 nitrogen and oxygen atoms in total. The molecule has 0 saturated carbocycles. The van der Waals surface area contributed by atoms with E-state index in [0.29, 0.717) is 18.9 Å². The number of likely N-dealkylation sites (N-methyl/N-ethyl adjacent to an activating group) is 1. The van der Waals surface area contributed by atoms with E-state index in [9.17, 15) is 4.79 Å². The van der Waals surface area contributed by atoms with E-state index in [2.05, 4.69) is 42.7 Å². The van der Waals surface area contributed by atoms with Crippen LogP contribution in [0.2, 0.25) is 0 Å². The normalized spacial score (nSPS) is 17.3. The average molecular weight is 408 g/mol. The van der Waals surface area contributed by atoms with Crippen LogP contribution in [-0.4, -0.2) is 64.9 Å². The number of benzene rings is 1. The van der Waals surface area contributed by atoms with Crippen molar-refractivity contribution >= 4 is 11.7 Å². The van der Waals surface area contributed by atoms with Gasteiger partial charge in [0.15, 0.2) is 5.82 Å². The number of amides is 1. The van der Waals surface area contributed by atoms with Gasteiger partial charge in [-0.3, -0.25) is 4.79 Å². The summed E-state index contributed by atoms with van der Waals surface area (Å²) in [5.74, 6) is 2.43. The average Bonchev–Trinajstić information content (AvgIpc) is 2.78. The first kappa shape index (κ1) is 20.8. The molecule has 2 aliphatic heterocycles. The standard InChI is InChI=1S/C24H33N5O/c1-4-27-12-14-28(15-13-27)24-20-17-29(22(30)16-18(2)3)11-10-21(20)25-23(26-24)19-8-6-5-7-9-19/h5-9,18H,4,10-17H2,1-3H3. The van der Waals surface area contributed by atoms with Gasteiger partial charge in [-0.1, -0.05) is 51.1 Å². The highest BCUT2D eigenvalue weighted by Crippen LogP contribution is 2.30. The van der Waals surface area contributed by atoms with Crippen molar-refractivity contribution in [2.24, 2.45) is 5.92 Å². The van der Waals surface area contributed by atoms with E-state index in [-0.39, 0.29) is 5.91 Å². The highest BCUT2D eigenvalue weighted by molar-refractivity contribution is 5.77. The zero-order chi connectivity index (χ0) is 21.1. The molecule has 1 aromatic carbocycles. The molecule has 1 amide bonds. The number of piperazine rings is 1. The van der Waals surface area contributed by atoms with Crippen LogP contribution in [0.1, 0.15) is 38.4 Å². The summed E-state index contributed by atoms with van der Waals surface area (Å²) in [6.07, 6.45) is 1.40. The minimum atomic E-state index is 0.240. The van der Waals surface area contributed by atoms with Gasteiger partial charge in [0, 0.05) is 56.7 Å². The summed E-state index contributed by atoms with van der Waals surface area (Å²) in [7, 11) is 0. The third-order valence-electron chi connectivity index (χ3n) is 6.13. The molecule has 0 unspecified atom stereocenters. The first-order valence-electron chi connectivity index (χ1n) is 11.3. The number of hydrogen-bond donors (Lipinski definition) is 0. The molecule has 1 fully saturated rings. The molecular weight excluding hydrogens is 374 g/mol. The molecule has 3 heterocycles. The maximum absolute atomic E-state index is 12.7. The third kappa shape index (κ3) is 4.48. The van der Waals surface area contributed by atoms with Crippen molar-refractivity contribution in [1.29, 1.82) is 0 Å². The second-order valence-corrected chi connectivity index (χ2v) is 8.75. The fourth-order valence-electron chi connectivity index (χ4n) is 4.34. The highest BCUT2D eigenvalue weighted by Gasteiger charge is 2.29. The second-order valence-electron chi connectivity index (χ2n) is 8.75. The van der Waals surface area contributed by atoms with Crippen LogP contribution in [0.4, 0.5) is 5.82 Å². The Morgan fingerprint density at radius 2 is 1.77 bits per heavy atom. The number of anilines is 1. The van der Waals surface area contributed by atoms with Crippen LogP contribution >= 0.6 is 0 Å². The van der Waals surface area contributed by atoms with Crippen LogP contribution < -0.4 is 4.90 Å². The topological polar surface area (TPSA) is 52.6 Å². The Hall–Kier alpha value is -2.47. The van der Waals surface area contributed by atoms with Gasteiger partial charge >= 0.3 is 0 Å². The second kappa shape index (κ2) is 9.13. The summed E-state index contributed by atoms with van der Waals surface area (Å²) in [6.45, 7) is 12.9. The molecule has 4 rings (SSSR count). The molecule has 1 saturated heterocycles. The van der Waals surface area contributed by atoms with Crippen LogP contribution in [0, 0.1) is 5.92 Å². The smallest absolute Gasteiger partial charge is 0.223 e. The molecular formula is C24H33N5O. The minimum absolute atomic E-state index is 0.240. The maximum atomic E-state index is 12.7. The third-order valence-corrected chi connectivity index (χ3v) is 6.13. The fraction of sp³-hybridized carbons (Fsp3) is 0.542. The molecule has 0 N–H and O–H groups in total. The Kier molecular flexibility index (Phi) is 6.32. The predicted octanol–water partition coefficient (Wildman–Crippen LogP) is 3.22. The van der Waals surface area contributed by atoms with Gasteiger partial charge in [-0.25, -0.2) is 9.97 Å². The molecule has 0 spiro atoms. The lowest BCUT2D eigenvalue weighted by Crippen LogP contribution is -2.47. The molecule has 0 bridgehead atoms. The number of fused-ring (bicyclic) bond motifs is 1. The molecule has 30 heavy (non-hydrogen) atoms. The van der Waals surface area contributed by atoms with Crippen molar-refractivity contribution in [3.8, 4) is 11.4 Å². The molecule has 0 aliphatic carbocycles. The van der Waals surface area contributed by atoms with E-state index in [1.807, 2.05) is 23.1 Å². The van der Waals surface area contributed by atoms with E-state index < -0.39 is 0 Å². The molecule has 1 aromatic heterocycles. The zero-order valence-electron chi connectivity index (χ0n) is 18.5. The first-order chi connectivity index (χ1) is 14.5. The van der Waals surface area contributed by atoms with Gasteiger partial charge in [0.2, 0.25) is 5.91 Å². The Morgan fingerprint density at radius 1 is 1.03 bits per heavy atom. The van der Waals surface area contributed by atoms with Gasteiger partial charge < -0.3 is 14.7 Å². The van der Waals surface area contributed by atoms with Gasteiger partial charge in [-0.05, 0) is 12.5 Å². The van der Waals surface area contributed by atoms with Gasteiger partial charge in [0.1, 0.15) is 5.82 Å².